The molecule has 0 spiro atoms. The number of aromatic nitrogens is 2. The molecule has 22 heavy (non-hydrogen) atoms. The zero-order valence-corrected chi connectivity index (χ0v) is 12.1. The zero-order chi connectivity index (χ0) is 16.5. The Morgan fingerprint density at radius 1 is 1.59 bits per heavy atom. The first-order valence-electron chi connectivity index (χ1n) is 7.01. The van der Waals surface area contributed by atoms with Crippen molar-refractivity contribution in [3.05, 3.63) is 17.0 Å². The summed E-state index contributed by atoms with van der Waals surface area (Å²) in [6, 6.07) is -0.341. The molecule has 7 nitrogen and oxygen atoms in total. The van der Waals surface area contributed by atoms with Crippen LogP contribution in [0, 0.1) is 0 Å². The van der Waals surface area contributed by atoms with E-state index >= 15 is 0 Å². The Labute approximate surface area is 125 Å². The quantitative estimate of drug-likeness (QED) is 0.649. The van der Waals surface area contributed by atoms with Crippen LogP contribution in [0.1, 0.15) is 36.7 Å². The van der Waals surface area contributed by atoms with Crippen molar-refractivity contribution in [2.24, 2.45) is 0 Å². The maximum atomic E-state index is 14.3. The van der Waals surface area contributed by atoms with Gasteiger partial charge in [0.25, 0.3) is 0 Å². The van der Waals surface area contributed by atoms with Crippen molar-refractivity contribution in [2.75, 3.05) is 6.61 Å². The Morgan fingerprint density at radius 3 is 2.86 bits per heavy atom. The molecule has 0 fully saturated rings. The number of carboxylic acid groups (broad SMARTS) is 1. The third-order valence-electron chi connectivity index (χ3n) is 3.93. The number of halogens is 2. The van der Waals surface area contributed by atoms with Crippen molar-refractivity contribution >= 4 is 6.09 Å². The highest BCUT2D eigenvalue weighted by atomic mass is 19.3. The van der Waals surface area contributed by atoms with Crippen molar-refractivity contribution in [3.8, 4) is 0 Å². The summed E-state index contributed by atoms with van der Waals surface area (Å²) in [6.45, 7) is 1.20. The first-order valence-corrected chi connectivity index (χ1v) is 7.01. The highest BCUT2D eigenvalue weighted by molar-refractivity contribution is 5.66. The number of fused-ring (bicyclic) bond motifs is 1. The maximum Gasteiger partial charge on any atom is 0.407 e. The number of aliphatic hydroxyl groups is 2. The van der Waals surface area contributed by atoms with Crippen molar-refractivity contribution in [2.45, 2.75) is 50.8 Å². The number of aliphatic hydroxyl groups excluding tert-OH is 2. The van der Waals surface area contributed by atoms with Gasteiger partial charge in [-0.2, -0.15) is 13.9 Å². The molecule has 2 atom stereocenters. The molecule has 1 aliphatic heterocycles. The first-order chi connectivity index (χ1) is 10.3. The van der Waals surface area contributed by atoms with Crippen molar-refractivity contribution in [1.82, 2.24) is 15.1 Å². The van der Waals surface area contributed by atoms with E-state index in [9.17, 15) is 18.7 Å². The van der Waals surface area contributed by atoms with Gasteiger partial charge < -0.3 is 20.2 Å². The number of rotatable bonds is 5. The summed E-state index contributed by atoms with van der Waals surface area (Å²) in [5, 5.41) is 33.6. The van der Waals surface area contributed by atoms with E-state index in [2.05, 4.69) is 10.2 Å². The van der Waals surface area contributed by atoms with Gasteiger partial charge >= 0.3 is 12.0 Å². The number of hydrogen-bond acceptors (Lipinski definition) is 4. The molecular weight excluding hydrogens is 300 g/mol. The van der Waals surface area contributed by atoms with Crippen LogP contribution in [0.15, 0.2) is 0 Å². The van der Waals surface area contributed by atoms with Gasteiger partial charge in [-0.15, -0.1) is 0 Å². The fraction of sp³-hybridized carbons (Fsp3) is 0.692. The minimum atomic E-state index is -3.61. The molecular formula is C13H19F2N3O4. The van der Waals surface area contributed by atoms with Crippen LogP contribution in [0.5, 0.6) is 0 Å². The zero-order valence-electron chi connectivity index (χ0n) is 12.1. The lowest BCUT2D eigenvalue weighted by molar-refractivity contribution is -0.122. The highest BCUT2D eigenvalue weighted by Gasteiger charge is 2.46. The van der Waals surface area contributed by atoms with Crippen LogP contribution < -0.4 is 0 Å². The Bertz CT molecular complexity index is 549. The SMILES string of the molecule is C[C@@H]1Cc2[nH]nc(C(F)(F)C(O)CCCO)c2CN1C(=O)O. The average molecular weight is 319 g/mol. The summed E-state index contributed by atoms with van der Waals surface area (Å²) in [5.41, 5.74) is -0.0336. The molecule has 0 bridgehead atoms. The molecule has 1 aliphatic rings. The minimum absolute atomic E-state index is 0.0433. The van der Waals surface area contributed by atoms with Gasteiger partial charge in [0.15, 0.2) is 0 Å². The molecule has 0 saturated heterocycles. The van der Waals surface area contributed by atoms with Gasteiger partial charge in [0.2, 0.25) is 0 Å². The van der Waals surface area contributed by atoms with Gasteiger partial charge in [0.05, 0.1) is 6.54 Å². The van der Waals surface area contributed by atoms with Crippen LogP contribution in [0.25, 0.3) is 0 Å². The van der Waals surface area contributed by atoms with Crippen LogP contribution in [-0.2, 0) is 18.9 Å². The first kappa shape index (κ1) is 16.6. The molecule has 4 N–H and O–H groups in total. The summed E-state index contributed by atoms with van der Waals surface area (Å²) >= 11 is 0. The van der Waals surface area contributed by atoms with Crippen LogP contribution in [0.2, 0.25) is 0 Å². The number of nitrogens with one attached hydrogen (secondary N) is 1. The molecule has 1 aromatic heterocycles. The molecule has 124 valence electrons. The van der Waals surface area contributed by atoms with Crippen LogP contribution in [0.3, 0.4) is 0 Å². The van der Waals surface area contributed by atoms with Gasteiger partial charge in [-0.25, -0.2) is 4.79 Å². The van der Waals surface area contributed by atoms with Crippen molar-refractivity contribution in [1.29, 1.82) is 0 Å². The second-order valence-corrected chi connectivity index (χ2v) is 5.50. The standard InChI is InChI=1S/C13H19F2N3O4/c1-7-5-9-8(6-18(7)12(21)22)11(17-16-9)13(14,15)10(20)3-2-4-19/h7,10,19-20H,2-6H2,1H3,(H,16,17)(H,21,22)/t7-,10?/m1/s1. The van der Waals surface area contributed by atoms with Gasteiger partial charge in [-0.05, 0) is 19.8 Å². The molecule has 2 heterocycles. The summed E-state index contributed by atoms with van der Waals surface area (Å²) in [4.78, 5) is 12.2. The fourth-order valence-electron chi connectivity index (χ4n) is 2.63. The Hall–Kier alpha value is -1.74. The molecule has 0 aromatic carbocycles. The van der Waals surface area contributed by atoms with E-state index in [-0.39, 0.29) is 44.0 Å². The summed E-state index contributed by atoms with van der Waals surface area (Å²) in [7, 11) is 0. The molecule has 1 unspecified atom stereocenters. The van der Waals surface area contributed by atoms with Crippen molar-refractivity contribution < 1.29 is 28.9 Å². The van der Waals surface area contributed by atoms with Gasteiger partial charge in [-0.1, -0.05) is 0 Å². The number of hydrogen-bond donors (Lipinski definition) is 4. The van der Waals surface area contributed by atoms with E-state index in [0.29, 0.717) is 5.69 Å². The lowest BCUT2D eigenvalue weighted by atomic mass is 9.95. The van der Waals surface area contributed by atoms with Crippen molar-refractivity contribution in [3.63, 3.8) is 0 Å². The summed E-state index contributed by atoms with van der Waals surface area (Å²) in [6.07, 6.45) is -3.14. The molecule has 1 aromatic rings. The minimum Gasteiger partial charge on any atom is -0.465 e. The predicted molar refractivity (Wildman–Crippen MR) is 71.5 cm³/mol. The third kappa shape index (κ3) is 2.91. The van der Waals surface area contributed by atoms with E-state index in [1.54, 1.807) is 6.92 Å². The third-order valence-corrected chi connectivity index (χ3v) is 3.93. The molecule has 0 saturated carbocycles. The van der Waals surface area contributed by atoms with Crippen LogP contribution in [-0.4, -0.2) is 55.3 Å². The highest BCUT2D eigenvalue weighted by Crippen LogP contribution is 2.38. The van der Waals surface area contributed by atoms with E-state index in [1.807, 2.05) is 0 Å². The molecule has 9 heteroatoms. The maximum absolute atomic E-state index is 14.3. The fourth-order valence-corrected chi connectivity index (χ4v) is 2.63. The van der Waals surface area contributed by atoms with Crippen LogP contribution >= 0.6 is 0 Å². The topological polar surface area (TPSA) is 110 Å². The number of alkyl halides is 2. The largest absolute Gasteiger partial charge is 0.465 e. The number of aromatic amines is 1. The normalized spacial score (nSPS) is 19.9. The van der Waals surface area contributed by atoms with Gasteiger partial charge in [-0.3, -0.25) is 5.10 Å². The number of H-pyrrole nitrogens is 1. The smallest absolute Gasteiger partial charge is 0.407 e. The number of amides is 1. The Balaban J connectivity index is 2.29. The number of nitrogens with zero attached hydrogens (tertiary/aromatic N) is 2. The number of carbonyl (C=O) groups is 1. The second-order valence-electron chi connectivity index (χ2n) is 5.50. The lowest BCUT2D eigenvalue weighted by Gasteiger charge is -2.32. The predicted octanol–water partition coefficient (Wildman–Crippen LogP) is 1.06. The van der Waals surface area contributed by atoms with E-state index in [4.69, 9.17) is 10.2 Å². The molecule has 1 amide bonds. The molecule has 0 radical (unpaired) electrons. The molecule has 0 aliphatic carbocycles. The Morgan fingerprint density at radius 2 is 2.27 bits per heavy atom. The lowest BCUT2D eigenvalue weighted by Crippen LogP contribution is -2.42. The molecule has 2 rings (SSSR count). The van der Waals surface area contributed by atoms with Crippen LogP contribution in [0.4, 0.5) is 13.6 Å². The Kier molecular flexibility index (Phi) is 4.66. The summed E-state index contributed by atoms with van der Waals surface area (Å²) < 4.78 is 28.7. The van der Waals surface area contributed by atoms with E-state index in [0.717, 1.165) is 4.90 Å². The van der Waals surface area contributed by atoms with E-state index in [1.165, 1.54) is 0 Å². The van der Waals surface area contributed by atoms with Gasteiger partial charge in [0.1, 0.15) is 11.8 Å². The second kappa shape index (κ2) is 6.17. The average Bonchev–Trinajstić information content (AvgIpc) is 2.86. The summed E-state index contributed by atoms with van der Waals surface area (Å²) in [5.74, 6) is -3.61. The van der Waals surface area contributed by atoms with E-state index < -0.39 is 23.8 Å². The monoisotopic (exact) mass is 319 g/mol. The van der Waals surface area contributed by atoms with Gasteiger partial charge in [0, 0.05) is 30.3 Å².